The molecule has 7 heteroatoms. The Morgan fingerprint density at radius 3 is 2.87 bits per heavy atom. The fraction of sp³-hybridized carbons (Fsp3) is 0.312. The van der Waals surface area contributed by atoms with Crippen molar-refractivity contribution in [2.75, 3.05) is 12.4 Å². The lowest BCUT2D eigenvalue weighted by Gasteiger charge is -2.28. The topological polar surface area (TPSA) is 85.9 Å². The molecule has 0 saturated carbocycles. The number of thioether (sulfide) groups is 1. The minimum absolute atomic E-state index is 0.229. The molecule has 1 aliphatic rings. The summed E-state index contributed by atoms with van der Waals surface area (Å²) in [5, 5.41) is 24.0. The fourth-order valence-electron chi connectivity index (χ4n) is 2.35. The molecule has 0 aromatic carbocycles. The predicted molar refractivity (Wildman–Crippen MR) is 90.2 cm³/mol. The van der Waals surface area contributed by atoms with Gasteiger partial charge in [0.2, 0.25) is 0 Å². The smallest absolute Gasteiger partial charge is 0.336 e. The van der Waals surface area contributed by atoms with E-state index in [1.807, 2.05) is 17.5 Å². The largest absolute Gasteiger partial charge is 0.463 e. The number of hydrogen-bond acceptors (Lipinski definition) is 7. The monoisotopic (exact) mass is 345 g/mol. The van der Waals surface area contributed by atoms with Crippen LogP contribution in [0, 0.1) is 22.7 Å². The number of esters is 1. The Bertz CT molecular complexity index is 736. The quantitative estimate of drug-likeness (QED) is 0.824. The maximum Gasteiger partial charge on any atom is 0.336 e. The van der Waals surface area contributed by atoms with Gasteiger partial charge in [-0.25, -0.2) is 4.79 Å². The highest BCUT2D eigenvalue weighted by atomic mass is 32.2. The molecule has 0 amide bonds. The van der Waals surface area contributed by atoms with Gasteiger partial charge in [0.05, 0.1) is 46.6 Å². The Hall–Kier alpha value is -2.22. The van der Waals surface area contributed by atoms with Crippen molar-refractivity contribution in [3.8, 4) is 12.1 Å². The molecule has 0 radical (unpaired) electrons. The second-order valence-corrected chi connectivity index (χ2v) is 6.60. The lowest BCUT2D eigenvalue weighted by molar-refractivity contribution is -0.138. The molecule has 0 unspecified atom stereocenters. The van der Waals surface area contributed by atoms with Gasteiger partial charge in [-0.1, -0.05) is 17.8 Å². The Balaban J connectivity index is 2.54. The summed E-state index contributed by atoms with van der Waals surface area (Å²) in [6.07, 6.45) is 0. The number of carbonyl (C=O) groups excluding carboxylic acids is 1. The molecule has 0 spiro atoms. The van der Waals surface area contributed by atoms with E-state index in [1.165, 1.54) is 23.1 Å². The highest BCUT2D eigenvalue weighted by Gasteiger charge is 2.35. The van der Waals surface area contributed by atoms with Crippen LogP contribution < -0.4 is 5.32 Å². The van der Waals surface area contributed by atoms with E-state index in [1.54, 1.807) is 13.8 Å². The average molecular weight is 345 g/mol. The van der Waals surface area contributed by atoms with Crippen LogP contribution in [0.1, 0.15) is 24.6 Å². The zero-order chi connectivity index (χ0) is 16.8. The summed E-state index contributed by atoms with van der Waals surface area (Å²) < 4.78 is 5.17. The van der Waals surface area contributed by atoms with Crippen LogP contribution in [-0.2, 0) is 9.53 Å². The van der Waals surface area contributed by atoms with Crippen LogP contribution >= 0.6 is 23.1 Å². The van der Waals surface area contributed by atoms with E-state index in [0.29, 0.717) is 21.9 Å². The lowest BCUT2D eigenvalue weighted by Crippen LogP contribution is -2.28. The molecule has 1 N–H and O–H groups in total. The van der Waals surface area contributed by atoms with Crippen molar-refractivity contribution in [1.82, 2.24) is 5.32 Å². The van der Waals surface area contributed by atoms with Crippen LogP contribution in [0.2, 0.25) is 0 Å². The number of rotatable bonds is 5. The number of dihydropyridines is 1. The third-order valence-electron chi connectivity index (χ3n) is 3.25. The van der Waals surface area contributed by atoms with Crippen LogP contribution in [0.3, 0.4) is 0 Å². The number of hydrogen-bond donors (Lipinski definition) is 1. The molecule has 0 saturated heterocycles. The molecule has 1 aliphatic heterocycles. The van der Waals surface area contributed by atoms with Crippen LogP contribution in [-0.4, -0.2) is 18.3 Å². The van der Waals surface area contributed by atoms with Crippen molar-refractivity contribution in [3.05, 3.63) is 44.3 Å². The third kappa shape index (κ3) is 3.58. The number of allylic oxidation sites excluding steroid dienone is 2. The number of ether oxygens (including phenoxy) is 1. The molecule has 0 fully saturated rings. The number of nitrogens with zero attached hydrogens (tertiary/aromatic N) is 2. The van der Waals surface area contributed by atoms with Gasteiger partial charge in [-0.05, 0) is 25.3 Å². The molecule has 23 heavy (non-hydrogen) atoms. The van der Waals surface area contributed by atoms with Gasteiger partial charge in [0, 0.05) is 10.6 Å². The van der Waals surface area contributed by atoms with E-state index in [4.69, 9.17) is 10.00 Å². The summed E-state index contributed by atoms with van der Waals surface area (Å²) in [5.41, 5.74) is 1.55. The summed E-state index contributed by atoms with van der Waals surface area (Å²) >= 11 is 2.75. The molecule has 0 aliphatic carbocycles. The normalized spacial score (nSPS) is 17.3. The summed E-state index contributed by atoms with van der Waals surface area (Å²) in [7, 11) is 0. The minimum Gasteiger partial charge on any atom is -0.463 e. The fourth-order valence-corrected chi connectivity index (χ4v) is 3.95. The summed E-state index contributed by atoms with van der Waals surface area (Å²) in [6.45, 7) is 3.81. The first-order chi connectivity index (χ1) is 11.1. The SMILES string of the molecule is CCOC(=O)C1=C(C)NC(SCC#N)=C(C#N)[C@@H]1c1cccs1. The van der Waals surface area contributed by atoms with Gasteiger partial charge in [0.25, 0.3) is 0 Å². The summed E-state index contributed by atoms with van der Waals surface area (Å²) in [6, 6.07) is 8.04. The van der Waals surface area contributed by atoms with Crippen LogP contribution in [0.25, 0.3) is 0 Å². The number of nitrogens with one attached hydrogen (secondary N) is 1. The van der Waals surface area contributed by atoms with E-state index in [-0.39, 0.29) is 12.4 Å². The number of thiophene rings is 1. The van der Waals surface area contributed by atoms with Crippen molar-refractivity contribution in [1.29, 1.82) is 10.5 Å². The Morgan fingerprint density at radius 1 is 1.52 bits per heavy atom. The second-order valence-electron chi connectivity index (χ2n) is 4.63. The Morgan fingerprint density at radius 2 is 2.30 bits per heavy atom. The molecule has 1 aromatic heterocycles. The lowest BCUT2D eigenvalue weighted by atomic mass is 9.87. The molecular weight excluding hydrogens is 330 g/mol. The van der Waals surface area contributed by atoms with Gasteiger partial charge in [0.15, 0.2) is 0 Å². The minimum atomic E-state index is -0.457. The molecule has 2 rings (SSSR count). The molecule has 2 heterocycles. The van der Waals surface area contributed by atoms with Gasteiger partial charge in [-0.2, -0.15) is 10.5 Å². The molecule has 1 aromatic rings. The molecule has 0 bridgehead atoms. The first-order valence-corrected chi connectivity index (χ1v) is 8.82. The standard InChI is InChI=1S/C16H15N3O2S2/c1-3-21-16(20)13-10(2)19-15(23-8-6-17)11(9-18)14(13)12-5-4-7-22-12/h4-5,7,14,19H,3,8H2,1-2H3/t14-/m1/s1. The van der Waals surface area contributed by atoms with Crippen molar-refractivity contribution in [2.24, 2.45) is 0 Å². The van der Waals surface area contributed by atoms with Crippen molar-refractivity contribution in [3.63, 3.8) is 0 Å². The summed E-state index contributed by atoms with van der Waals surface area (Å²) in [5.74, 6) is -0.651. The first kappa shape index (κ1) is 17.1. The maximum atomic E-state index is 12.4. The van der Waals surface area contributed by atoms with Crippen LogP contribution in [0.4, 0.5) is 0 Å². The molecule has 5 nitrogen and oxygen atoms in total. The maximum absolute atomic E-state index is 12.4. The highest BCUT2D eigenvalue weighted by molar-refractivity contribution is 8.03. The Kier molecular flexibility index (Phi) is 5.86. The van der Waals surface area contributed by atoms with E-state index in [2.05, 4.69) is 17.5 Å². The Labute approximate surface area is 143 Å². The van der Waals surface area contributed by atoms with Gasteiger partial charge < -0.3 is 10.1 Å². The van der Waals surface area contributed by atoms with E-state index < -0.39 is 11.9 Å². The first-order valence-electron chi connectivity index (χ1n) is 6.96. The van der Waals surface area contributed by atoms with Gasteiger partial charge in [0.1, 0.15) is 0 Å². The second kappa shape index (κ2) is 7.87. The highest BCUT2D eigenvalue weighted by Crippen LogP contribution is 2.42. The van der Waals surface area contributed by atoms with Crippen molar-refractivity contribution >= 4 is 29.1 Å². The van der Waals surface area contributed by atoms with Gasteiger partial charge in [-0.15, -0.1) is 11.3 Å². The zero-order valence-electron chi connectivity index (χ0n) is 12.8. The van der Waals surface area contributed by atoms with E-state index >= 15 is 0 Å². The number of carbonyl (C=O) groups is 1. The average Bonchev–Trinajstić information content (AvgIpc) is 3.06. The van der Waals surface area contributed by atoms with Crippen LogP contribution in [0.15, 0.2) is 39.4 Å². The van der Waals surface area contributed by atoms with E-state index in [9.17, 15) is 10.1 Å². The van der Waals surface area contributed by atoms with Crippen molar-refractivity contribution < 1.29 is 9.53 Å². The third-order valence-corrected chi connectivity index (χ3v) is 5.07. The van der Waals surface area contributed by atoms with Gasteiger partial charge >= 0.3 is 5.97 Å². The molecular formula is C16H15N3O2S2. The zero-order valence-corrected chi connectivity index (χ0v) is 14.4. The van der Waals surface area contributed by atoms with E-state index in [0.717, 1.165) is 4.88 Å². The van der Waals surface area contributed by atoms with Crippen LogP contribution in [0.5, 0.6) is 0 Å². The van der Waals surface area contributed by atoms with Gasteiger partial charge in [-0.3, -0.25) is 0 Å². The number of nitriles is 2. The predicted octanol–water partition coefficient (Wildman–Crippen LogP) is 3.26. The molecule has 118 valence electrons. The van der Waals surface area contributed by atoms with Crippen molar-refractivity contribution in [2.45, 2.75) is 19.8 Å². The summed E-state index contributed by atoms with van der Waals surface area (Å²) in [4.78, 5) is 13.3. The molecule has 1 atom stereocenters.